The summed E-state index contributed by atoms with van der Waals surface area (Å²) in [5, 5.41) is 0. The molecule has 1 saturated heterocycles. The van der Waals surface area contributed by atoms with Crippen molar-refractivity contribution in [1.29, 1.82) is 0 Å². The molecule has 2 aromatic rings. The summed E-state index contributed by atoms with van der Waals surface area (Å²) in [6.07, 6.45) is 5.69. The number of aromatic nitrogens is 2. The predicted molar refractivity (Wildman–Crippen MR) is 86.3 cm³/mol. The highest BCUT2D eigenvalue weighted by molar-refractivity contribution is 7.88. The maximum Gasteiger partial charge on any atom is 0.232 e. The Morgan fingerprint density at radius 3 is 2.88 bits per heavy atom. The normalized spacial score (nSPS) is 19.1. The molecule has 0 bridgehead atoms. The highest BCUT2D eigenvalue weighted by Crippen LogP contribution is 2.21. The van der Waals surface area contributed by atoms with E-state index in [4.69, 9.17) is 4.74 Å². The fraction of sp³-hybridized carbons (Fsp3) is 0.375. The molecule has 2 heterocycles. The molecule has 1 fully saturated rings. The number of nitrogens with zero attached hydrogens (tertiary/aromatic N) is 3. The van der Waals surface area contributed by atoms with Crippen LogP contribution in [-0.2, 0) is 15.8 Å². The summed E-state index contributed by atoms with van der Waals surface area (Å²) >= 11 is 0. The zero-order valence-electron chi connectivity index (χ0n) is 13.0. The van der Waals surface area contributed by atoms with Crippen LogP contribution in [0.5, 0.6) is 5.88 Å². The summed E-state index contributed by atoms with van der Waals surface area (Å²) in [4.78, 5) is 7.96. The van der Waals surface area contributed by atoms with Gasteiger partial charge in [-0.15, -0.1) is 0 Å². The van der Waals surface area contributed by atoms with Gasteiger partial charge in [0, 0.05) is 24.5 Å². The van der Waals surface area contributed by atoms with Crippen molar-refractivity contribution in [2.24, 2.45) is 0 Å². The van der Waals surface area contributed by atoms with E-state index in [9.17, 15) is 12.8 Å². The molecule has 1 aromatic carbocycles. The van der Waals surface area contributed by atoms with Crippen LogP contribution in [0.15, 0.2) is 42.9 Å². The van der Waals surface area contributed by atoms with E-state index in [1.165, 1.54) is 34.9 Å². The maximum atomic E-state index is 13.7. The van der Waals surface area contributed by atoms with Gasteiger partial charge in [0.15, 0.2) is 0 Å². The lowest BCUT2D eigenvalue weighted by atomic mass is 10.1. The Bertz CT molecular complexity index is 786. The van der Waals surface area contributed by atoms with Crippen molar-refractivity contribution < 1.29 is 17.5 Å². The van der Waals surface area contributed by atoms with Crippen LogP contribution >= 0.6 is 0 Å². The van der Waals surface area contributed by atoms with E-state index in [1.54, 1.807) is 12.3 Å². The molecule has 128 valence electrons. The Morgan fingerprint density at radius 2 is 2.12 bits per heavy atom. The lowest BCUT2D eigenvalue weighted by molar-refractivity contribution is 0.124. The molecule has 0 amide bonds. The highest BCUT2D eigenvalue weighted by Gasteiger charge is 2.30. The highest BCUT2D eigenvalue weighted by atomic mass is 32.2. The van der Waals surface area contributed by atoms with E-state index in [2.05, 4.69) is 9.97 Å². The molecule has 0 saturated carbocycles. The molecule has 1 atom stereocenters. The first-order chi connectivity index (χ1) is 11.5. The zero-order chi connectivity index (χ0) is 17.0. The van der Waals surface area contributed by atoms with Gasteiger partial charge in [-0.3, -0.25) is 4.98 Å². The van der Waals surface area contributed by atoms with Crippen LogP contribution in [0, 0.1) is 5.82 Å². The van der Waals surface area contributed by atoms with Crippen LogP contribution in [0.1, 0.15) is 18.4 Å². The van der Waals surface area contributed by atoms with Gasteiger partial charge >= 0.3 is 0 Å². The van der Waals surface area contributed by atoms with Crippen LogP contribution in [-0.4, -0.2) is 41.9 Å². The molecule has 1 aliphatic heterocycles. The molecule has 1 aliphatic rings. The van der Waals surface area contributed by atoms with Crippen molar-refractivity contribution in [3.8, 4) is 5.88 Å². The number of rotatable bonds is 5. The van der Waals surface area contributed by atoms with Gasteiger partial charge in [-0.25, -0.2) is 17.8 Å². The van der Waals surface area contributed by atoms with Gasteiger partial charge < -0.3 is 4.74 Å². The minimum Gasteiger partial charge on any atom is -0.472 e. The Hall–Kier alpha value is -2.06. The molecule has 0 spiro atoms. The largest absolute Gasteiger partial charge is 0.472 e. The topological polar surface area (TPSA) is 72.4 Å². The summed E-state index contributed by atoms with van der Waals surface area (Å²) in [6.45, 7) is 0.643. The average Bonchev–Trinajstić information content (AvgIpc) is 2.58. The number of ether oxygens (including phenoxy) is 1. The number of sulfonamides is 1. The number of hydrogen-bond donors (Lipinski definition) is 0. The van der Waals surface area contributed by atoms with Crippen molar-refractivity contribution in [1.82, 2.24) is 14.3 Å². The van der Waals surface area contributed by atoms with E-state index in [-0.39, 0.29) is 24.0 Å². The SMILES string of the molecule is O=S(=O)(Cc1ccccc1F)N1CCC[C@H](Oc2cnccn2)C1. The fourth-order valence-corrected chi connectivity index (χ4v) is 4.28. The van der Waals surface area contributed by atoms with Crippen LogP contribution in [0.3, 0.4) is 0 Å². The van der Waals surface area contributed by atoms with Gasteiger partial charge in [0.25, 0.3) is 0 Å². The minimum absolute atomic E-state index is 0.175. The summed E-state index contributed by atoms with van der Waals surface area (Å²) in [7, 11) is -3.61. The molecule has 3 rings (SSSR count). The standard InChI is InChI=1S/C16H18FN3O3S/c17-15-6-2-1-4-13(15)12-24(21,22)20-9-3-5-14(11-20)23-16-10-18-7-8-19-16/h1-2,4,6-8,10,14H,3,5,9,11-12H2/t14-/m0/s1. The van der Waals surface area contributed by atoms with Gasteiger partial charge in [-0.1, -0.05) is 18.2 Å². The number of benzene rings is 1. The van der Waals surface area contributed by atoms with Crippen molar-refractivity contribution in [3.63, 3.8) is 0 Å². The lowest BCUT2D eigenvalue weighted by Gasteiger charge is -2.31. The molecular weight excluding hydrogens is 333 g/mol. The van der Waals surface area contributed by atoms with Crippen molar-refractivity contribution >= 4 is 10.0 Å². The van der Waals surface area contributed by atoms with Gasteiger partial charge in [0.2, 0.25) is 15.9 Å². The van der Waals surface area contributed by atoms with Gasteiger partial charge in [0.1, 0.15) is 11.9 Å². The molecule has 1 aromatic heterocycles. The summed E-state index contributed by atoms with van der Waals surface area (Å²) in [5.74, 6) is -0.487. The van der Waals surface area contributed by atoms with Crippen molar-refractivity contribution in [2.75, 3.05) is 13.1 Å². The summed E-state index contributed by atoms with van der Waals surface area (Å²) < 4.78 is 46.0. The Labute approximate surface area is 140 Å². The van der Waals surface area contributed by atoms with Gasteiger partial charge in [-0.2, -0.15) is 4.31 Å². The molecule has 24 heavy (non-hydrogen) atoms. The second-order valence-corrected chi connectivity index (χ2v) is 7.60. The second-order valence-electron chi connectivity index (χ2n) is 5.63. The molecule has 0 radical (unpaired) electrons. The van der Waals surface area contributed by atoms with E-state index in [0.29, 0.717) is 18.8 Å². The summed E-state index contributed by atoms with van der Waals surface area (Å²) in [6, 6.07) is 5.92. The smallest absolute Gasteiger partial charge is 0.232 e. The number of piperidine rings is 1. The quantitative estimate of drug-likeness (QED) is 0.824. The lowest BCUT2D eigenvalue weighted by Crippen LogP contribution is -2.44. The number of halogens is 1. The maximum absolute atomic E-state index is 13.7. The first-order valence-electron chi connectivity index (χ1n) is 7.68. The van der Waals surface area contributed by atoms with Crippen molar-refractivity contribution in [2.45, 2.75) is 24.7 Å². The van der Waals surface area contributed by atoms with Crippen LogP contribution in [0.2, 0.25) is 0 Å². The fourth-order valence-electron chi connectivity index (χ4n) is 2.67. The molecular formula is C16H18FN3O3S. The molecule has 6 nitrogen and oxygen atoms in total. The zero-order valence-corrected chi connectivity index (χ0v) is 13.8. The third-order valence-electron chi connectivity index (χ3n) is 3.86. The molecule has 0 N–H and O–H groups in total. The third-order valence-corrected chi connectivity index (χ3v) is 5.65. The van der Waals surface area contributed by atoms with E-state index < -0.39 is 15.8 Å². The predicted octanol–water partition coefficient (Wildman–Crippen LogP) is 1.99. The minimum atomic E-state index is -3.61. The first kappa shape index (κ1) is 16.8. The van der Waals surface area contributed by atoms with Crippen LogP contribution < -0.4 is 4.74 Å². The summed E-state index contributed by atoms with van der Waals surface area (Å²) in [5.41, 5.74) is 0.175. The first-order valence-corrected chi connectivity index (χ1v) is 9.29. The molecule has 0 unspecified atom stereocenters. The van der Waals surface area contributed by atoms with E-state index in [1.807, 2.05) is 0 Å². The van der Waals surface area contributed by atoms with Gasteiger partial charge in [0.05, 0.1) is 18.5 Å². The Kier molecular flexibility index (Phi) is 5.06. The Balaban J connectivity index is 1.68. The van der Waals surface area contributed by atoms with E-state index >= 15 is 0 Å². The molecule has 0 aliphatic carbocycles. The average molecular weight is 351 g/mol. The van der Waals surface area contributed by atoms with Crippen LogP contribution in [0.25, 0.3) is 0 Å². The Morgan fingerprint density at radius 1 is 1.29 bits per heavy atom. The molecule has 8 heteroatoms. The third kappa shape index (κ3) is 4.07. The number of hydrogen-bond acceptors (Lipinski definition) is 5. The second kappa shape index (κ2) is 7.23. The van der Waals surface area contributed by atoms with Crippen LogP contribution in [0.4, 0.5) is 4.39 Å². The van der Waals surface area contributed by atoms with E-state index in [0.717, 1.165) is 6.42 Å². The monoisotopic (exact) mass is 351 g/mol. The van der Waals surface area contributed by atoms with Crippen molar-refractivity contribution in [3.05, 3.63) is 54.2 Å². The van der Waals surface area contributed by atoms with Gasteiger partial charge in [-0.05, 0) is 18.9 Å².